The number of carboxylic acids is 1. The molecular formula is C13H22O4. The Balaban J connectivity index is 3.50. The molecule has 0 aromatic rings. The molecule has 0 fully saturated rings. The fourth-order valence-corrected chi connectivity index (χ4v) is 1.57. The first-order chi connectivity index (χ1) is 8.06. The van der Waals surface area contributed by atoms with Crippen molar-refractivity contribution in [2.24, 2.45) is 0 Å². The summed E-state index contributed by atoms with van der Waals surface area (Å²) in [7, 11) is 0. The molecule has 98 valence electrons. The molecule has 0 bridgehead atoms. The minimum absolute atomic E-state index is 0.0154. The van der Waals surface area contributed by atoms with E-state index in [1.54, 1.807) is 0 Å². The van der Waals surface area contributed by atoms with E-state index in [1.165, 1.54) is 0 Å². The van der Waals surface area contributed by atoms with Crippen molar-refractivity contribution >= 4 is 17.5 Å². The van der Waals surface area contributed by atoms with Crippen molar-refractivity contribution in [1.82, 2.24) is 0 Å². The van der Waals surface area contributed by atoms with Crippen LogP contribution in [0.1, 0.15) is 64.7 Å². The van der Waals surface area contributed by atoms with Gasteiger partial charge in [-0.3, -0.25) is 14.4 Å². The fraction of sp³-hybridized carbons (Fsp3) is 0.769. The highest BCUT2D eigenvalue weighted by molar-refractivity contribution is 5.98. The van der Waals surface area contributed by atoms with Crippen LogP contribution in [0, 0.1) is 0 Å². The number of unbranched alkanes of at least 4 members (excludes halogenated alkanes) is 3. The zero-order valence-corrected chi connectivity index (χ0v) is 10.5. The van der Waals surface area contributed by atoms with Gasteiger partial charge in [-0.2, -0.15) is 0 Å². The molecule has 0 aromatic heterocycles. The molecule has 0 aliphatic heterocycles. The van der Waals surface area contributed by atoms with Gasteiger partial charge in [-0.1, -0.05) is 19.8 Å². The molecule has 0 saturated heterocycles. The zero-order valence-electron chi connectivity index (χ0n) is 10.5. The Labute approximate surface area is 102 Å². The third-order valence-corrected chi connectivity index (χ3v) is 2.55. The summed E-state index contributed by atoms with van der Waals surface area (Å²) in [6, 6.07) is 0. The van der Waals surface area contributed by atoms with Crippen molar-refractivity contribution in [3.63, 3.8) is 0 Å². The molecule has 0 aliphatic rings. The molecule has 0 rings (SSSR count). The summed E-state index contributed by atoms with van der Waals surface area (Å²) in [4.78, 5) is 32.9. The van der Waals surface area contributed by atoms with Crippen molar-refractivity contribution in [3.8, 4) is 0 Å². The van der Waals surface area contributed by atoms with E-state index in [2.05, 4.69) is 6.92 Å². The molecule has 4 heteroatoms. The number of ketones is 2. The molecule has 0 radical (unpaired) electrons. The molecule has 0 atom stereocenters. The lowest BCUT2D eigenvalue weighted by atomic mass is 10.0. The van der Waals surface area contributed by atoms with E-state index in [1.807, 2.05) is 0 Å². The van der Waals surface area contributed by atoms with Crippen LogP contribution in [-0.2, 0) is 14.4 Å². The van der Waals surface area contributed by atoms with Crippen LogP contribution in [0.4, 0.5) is 0 Å². The monoisotopic (exact) mass is 242 g/mol. The largest absolute Gasteiger partial charge is 0.481 e. The molecule has 4 nitrogen and oxygen atoms in total. The maximum absolute atomic E-state index is 11.4. The lowest BCUT2D eigenvalue weighted by molar-refractivity contribution is -0.137. The Bertz CT molecular complexity index is 258. The van der Waals surface area contributed by atoms with E-state index in [-0.39, 0.29) is 24.4 Å². The molecule has 1 N–H and O–H groups in total. The Hall–Kier alpha value is -1.19. The first kappa shape index (κ1) is 15.8. The lowest BCUT2D eigenvalue weighted by Crippen LogP contribution is -2.07. The molecule has 0 aliphatic carbocycles. The van der Waals surface area contributed by atoms with Gasteiger partial charge >= 0.3 is 5.97 Å². The Morgan fingerprint density at radius 1 is 0.824 bits per heavy atom. The number of hydrogen-bond donors (Lipinski definition) is 1. The van der Waals surface area contributed by atoms with Crippen molar-refractivity contribution in [3.05, 3.63) is 0 Å². The second kappa shape index (κ2) is 10.00. The third-order valence-electron chi connectivity index (χ3n) is 2.55. The quantitative estimate of drug-likeness (QED) is 0.446. The van der Waals surface area contributed by atoms with Gasteiger partial charge in [0.25, 0.3) is 0 Å². The minimum atomic E-state index is -0.840. The average molecular weight is 242 g/mol. The Morgan fingerprint density at radius 2 is 1.29 bits per heavy atom. The van der Waals surface area contributed by atoms with E-state index < -0.39 is 5.97 Å². The van der Waals surface area contributed by atoms with Gasteiger partial charge in [-0.15, -0.1) is 0 Å². The normalized spacial score (nSPS) is 10.2. The second-order valence-corrected chi connectivity index (χ2v) is 4.31. The van der Waals surface area contributed by atoms with Gasteiger partial charge in [0.05, 0.1) is 6.42 Å². The number of rotatable bonds is 11. The summed E-state index contributed by atoms with van der Waals surface area (Å²) in [6.45, 7) is 2.07. The standard InChI is InChI=1S/C13H22O4/c1-2-3-4-7-11(14)10-12(15)8-5-6-9-13(16)17/h2-10H2,1H3,(H,16,17). The van der Waals surface area contributed by atoms with Gasteiger partial charge in [0, 0.05) is 19.3 Å². The van der Waals surface area contributed by atoms with Gasteiger partial charge in [0.1, 0.15) is 11.6 Å². The highest BCUT2D eigenvalue weighted by Gasteiger charge is 2.09. The smallest absolute Gasteiger partial charge is 0.303 e. The van der Waals surface area contributed by atoms with Crippen molar-refractivity contribution in [2.75, 3.05) is 0 Å². The lowest BCUT2D eigenvalue weighted by Gasteiger charge is -2.00. The highest BCUT2D eigenvalue weighted by Crippen LogP contribution is 2.06. The molecule has 0 spiro atoms. The van der Waals surface area contributed by atoms with E-state index in [9.17, 15) is 14.4 Å². The van der Waals surface area contributed by atoms with Gasteiger partial charge in [-0.05, 0) is 19.3 Å². The molecule has 0 amide bonds. The van der Waals surface area contributed by atoms with E-state index in [4.69, 9.17) is 5.11 Å². The van der Waals surface area contributed by atoms with Crippen molar-refractivity contribution in [1.29, 1.82) is 0 Å². The van der Waals surface area contributed by atoms with Gasteiger partial charge in [0.15, 0.2) is 0 Å². The molecule has 0 unspecified atom stereocenters. The van der Waals surface area contributed by atoms with Gasteiger partial charge < -0.3 is 5.11 Å². The second-order valence-electron chi connectivity index (χ2n) is 4.31. The number of aliphatic carboxylic acids is 1. The van der Waals surface area contributed by atoms with Crippen LogP contribution in [0.2, 0.25) is 0 Å². The molecular weight excluding hydrogens is 220 g/mol. The fourth-order valence-electron chi connectivity index (χ4n) is 1.57. The summed E-state index contributed by atoms with van der Waals surface area (Å²) < 4.78 is 0. The molecule has 0 aromatic carbocycles. The van der Waals surface area contributed by atoms with E-state index in [0.717, 1.165) is 19.3 Å². The van der Waals surface area contributed by atoms with E-state index in [0.29, 0.717) is 25.7 Å². The van der Waals surface area contributed by atoms with Crippen LogP contribution >= 0.6 is 0 Å². The predicted molar refractivity (Wildman–Crippen MR) is 64.9 cm³/mol. The van der Waals surface area contributed by atoms with Crippen LogP contribution in [0.15, 0.2) is 0 Å². The summed E-state index contributed by atoms with van der Waals surface area (Å²) in [6.07, 6.45) is 4.96. The van der Waals surface area contributed by atoms with Crippen LogP contribution in [-0.4, -0.2) is 22.6 Å². The SMILES string of the molecule is CCCCCC(=O)CC(=O)CCCCC(=O)O. The molecule has 17 heavy (non-hydrogen) atoms. The van der Waals surface area contributed by atoms with Crippen LogP contribution in [0.3, 0.4) is 0 Å². The summed E-state index contributed by atoms with van der Waals surface area (Å²) in [5.41, 5.74) is 0. The number of carboxylic acid groups (broad SMARTS) is 1. The maximum Gasteiger partial charge on any atom is 0.303 e. The Kier molecular flexibility index (Phi) is 9.30. The molecule has 0 heterocycles. The summed E-state index contributed by atoms with van der Waals surface area (Å²) >= 11 is 0. The van der Waals surface area contributed by atoms with Gasteiger partial charge in [0.2, 0.25) is 0 Å². The number of Topliss-reactive ketones (excluding diaryl/α,β-unsaturated/α-hetero) is 2. The topological polar surface area (TPSA) is 71.4 Å². The first-order valence-corrected chi connectivity index (χ1v) is 6.31. The van der Waals surface area contributed by atoms with Crippen LogP contribution < -0.4 is 0 Å². The van der Waals surface area contributed by atoms with Crippen LogP contribution in [0.25, 0.3) is 0 Å². The predicted octanol–water partition coefficient (Wildman–Crippen LogP) is 2.74. The van der Waals surface area contributed by atoms with Crippen molar-refractivity contribution < 1.29 is 19.5 Å². The number of hydrogen-bond acceptors (Lipinski definition) is 3. The average Bonchev–Trinajstić information content (AvgIpc) is 2.24. The molecule has 0 saturated carbocycles. The minimum Gasteiger partial charge on any atom is -0.481 e. The van der Waals surface area contributed by atoms with Crippen molar-refractivity contribution in [2.45, 2.75) is 64.7 Å². The van der Waals surface area contributed by atoms with Crippen LogP contribution in [0.5, 0.6) is 0 Å². The van der Waals surface area contributed by atoms with Gasteiger partial charge in [-0.25, -0.2) is 0 Å². The highest BCUT2D eigenvalue weighted by atomic mass is 16.4. The zero-order chi connectivity index (χ0) is 13.1. The summed E-state index contributed by atoms with van der Waals surface area (Å²) in [5.74, 6) is -0.883. The first-order valence-electron chi connectivity index (χ1n) is 6.31. The van der Waals surface area contributed by atoms with E-state index >= 15 is 0 Å². The number of carbonyl (C=O) groups excluding carboxylic acids is 2. The third kappa shape index (κ3) is 11.1. The summed E-state index contributed by atoms with van der Waals surface area (Å²) in [5, 5.41) is 8.41. The number of carbonyl (C=O) groups is 3. The Morgan fingerprint density at radius 3 is 1.76 bits per heavy atom. The maximum atomic E-state index is 11.4.